The molecule has 0 saturated carbocycles. The fraction of sp³-hybridized carbons (Fsp3) is 1.00. The van der Waals surface area contributed by atoms with Crippen LogP contribution in [-0.2, 0) is 10.1 Å². The first kappa shape index (κ1) is 31.7. The van der Waals surface area contributed by atoms with Gasteiger partial charge < -0.3 is 9.66 Å². The molecule has 0 aromatic rings. The summed E-state index contributed by atoms with van der Waals surface area (Å²) in [6.07, 6.45) is 17.7. The number of aliphatic hydroxyl groups excluding tert-OH is 1. The minimum atomic E-state index is -4.23. The summed E-state index contributed by atoms with van der Waals surface area (Å²) in [5.41, 5.74) is 0. The molecular formula is C22H45KO4S. The van der Waals surface area contributed by atoms with Crippen molar-refractivity contribution in [2.24, 2.45) is 0 Å². The molecule has 0 rings (SSSR count). The summed E-state index contributed by atoms with van der Waals surface area (Å²) in [5.74, 6) is 0. The van der Waals surface area contributed by atoms with Crippen LogP contribution < -0.4 is 51.4 Å². The molecule has 0 heterocycles. The molecule has 28 heavy (non-hydrogen) atoms. The van der Waals surface area contributed by atoms with E-state index in [1.54, 1.807) is 0 Å². The van der Waals surface area contributed by atoms with Crippen LogP contribution in [0, 0.1) is 0 Å². The van der Waals surface area contributed by atoms with Crippen molar-refractivity contribution in [2.75, 3.05) is 0 Å². The predicted molar refractivity (Wildman–Crippen MR) is 114 cm³/mol. The third-order valence-electron chi connectivity index (χ3n) is 5.49. The Kier molecular flexibility index (Phi) is 24.6. The second kappa shape index (κ2) is 21.7. The molecule has 0 amide bonds. The fourth-order valence-corrected chi connectivity index (χ4v) is 4.56. The van der Waals surface area contributed by atoms with Crippen molar-refractivity contribution in [3.8, 4) is 0 Å². The van der Waals surface area contributed by atoms with Crippen LogP contribution in [0.5, 0.6) is 0 Å². The Balaban J connectivity index is 0. The monoisotopic (exact) mass is 444 g/mol. The molecule has 2 atom stereocenters. The van der Waals surface area contributed by atoms with Crippen LogP contribution in [0.3, 0.4) is 0 Å². The van der Waals surface area contributed by atoms with E-state index in [1.165, 1.54) is 51.4 Å². The zero-order valence-corrected chi connectivity index (χ0v) is 22.9. The quantitative estimate of drug-likeness (QED) is 0.177. The van der Waals surface area contributed by atoms with Gasteiger partial charge in [-0.05, 0) is 32.1 Å². The molecule has 0 saturated heterocycles. The van der Waals surface area contributed by atoms with Crippen LogP contribution >= 0.6 is 0 Å². The van der Waals surface area contributed by atoms with E-state index >= 15 is 0 Å². The largest absolute Gasteiger partial charge is 1.00 e. The molecule has 0 aliphatic carbocycles. The van der Waals surface area contributed by atoms with Crippen molar-refractivity contribution in [2.45, 2.75) is 141 Å². The Labute approximate surface area is 218 Å². The van der Waals surface area contributed by atoms with E-state index in [9.17, 15) is 18.1 Å². The van der Waals surface area contributed by atoms with Crippen LogP contribution in [0.15, 0.2) is 0 Å². The van der Waals surface area contributed by atoms with Crippen LogP contribution in [0.25, 0.3) is 0 Å². The van der Waals surface area contributed by atoms with Gasteiger partial charge in [-0.3, -0.25) is 0 Å². The van der Waals surface area contributed by atoms with Crippen LogP contribution in [0.2, 0.25) is 0 Å². The predicted octanol–water partition coefficient (Wildman–Crippen LogP) is 3.33. The van der Waals surface area contributed by atoms with Gasteiger partial charge in [0.2, 0.25) is 0 Å². The topological polar surface area (TPSA) is 77.4 Å². The van der Waals surface area contributed by atoms with Crippen molar-refractivity contribution in [3.63, 3.8) is 0 Å². The van der Waals surface area contributed by atoms with Crippen molar-refractivity contribution < 1.29 is 69.5 Å². The number of unbranched alkanes of at least 4 members (excludes halogenated alkanes) is 11. The van der Waals surface area contributed by atoms with Crippen molar-refractivity contribution >= 4 is 10.1 Å². The Hall–Kier alpha value is 1.51. The summed E-state index contributed by atoms with van der Waals surface area (Å²) < 4.78 is 34.5. The third-order valence-corrected chi connectivity index (χ3v) is 6.78. The SMILES string of the molecule is CCCCCCCCCCCC(CCCC(O)CCCCCC)S(=O)(=O)[O-].[K+]. The molecule has 0 aromatic heterocycles. The Bertz CT molecular complexity index is 415. The average molecular weight is 445 g/mol. The number of rotatable bonds is 20. The molecule has 164 valence electrons. The number of hydrogen-bond acceptors (Lipinski definition) is 4. The van der Waals surface area contributed by atoms with E-state index in [0.717, 1.165) is 38.5 Å². The van der Waals surface area contributed by atoms with Gasteiger partial charge in [-0.25, -0.2) is 8.42 Å². The third kappa shape index (κ3) is 20.8. The van der Waals surface area contributed by atoms with E-state index in [-0.39, 0.29) is 57.5 Å². The molecule has 1 N–H and O–H groups in total. The molecule has 0 aromatic carbocycles. The standard InChI is InChI=1S/C22H46O4S.K/c1-3-5-7-9-10-11-12-13-15-19-22(27(24,25)26)20-16-18-21(23)17-14-8-6-4-2;/h21-23H,3-20H2,1-2H3,(H,24,25,26);/q;+1/p-1. The van der Waals surface area contributed by atoms with Gasteiger partial charge in [-0.15, -0.1) is 0 Å². The molecular weight excluding hydrogens is 399 g/mol. The Morgan fingerprint density at radius 1 is 0.643 bits per heavy atom. The smallest absolute Gasteiger partial charge is 0.748 e. The van der Waals surface area contributed by atoms with E-state index < -0.39 is 15.4 Å². The first-order chi connectivity index (χ1) is 12.9. The van der Waals surface area contributed by atoms with Crippen LogP contribution in [-0.4, -0.2) is 29.4 Å². The zero-order chi connectivity index (χ0) is 20.4. The van der Waals surface area contributed by atoms with Gasteiger partial charge in [0.1, 0.15) is 0 Å². The van der Waals surface area contributed by atoms with Gasteiger partial charge in [-0.1, -0.05) is 97.3 Å². The maximum Gasteiger partial charge on any atom is 1.00 e. The van der Waals surface area contributed by atoms with Gasteiger partial charge in [-0.2, -0.15) is 0 Å². The van der Waals surface area contributed by atoms with Gasteiger partial charge in [0.15, 0.2) is 0 Å². The minimum absolute atomic E-state index is 0. The van der Waals surface area contributed by atoms with E-state index in [1.807, 2.05) is 0 Å². The average Bonchev–Trinajstić information content (AvgIpc) is 2.61. The minimum Gasteiger partial charge on any atom is -0.748 e. The molecule has 4 nitrogen and oxygen atoms in total. The second-order valence-electron chi connectivity index (χ2n) is 8.17. The normalized spacial score (nSPS) is 13.9. The number of aliphatic hydroxyl groups is 1. The van der Waals surface area contributed by atoms with Gasteiger partial charge in [0.05, 0.1) is 16.2 Å². The Morgan fingerprint density at radius 2 is 1.00 bits per heavy atom. The van der Waals surface area contributed by atoms with E-state index in [4.69, 9.17) is 0 Å². The fourth-order valence-electron chi connectivity index (χ4n) is 3.65. The van der Waals surface area contributed by atoms with Crippen molar-refractivity contribution in [1.29, 1.82) is 0 Å². The summed E-state index contributed by atoms with van der Waals surface area (Å²) in [5, 5.41) is 9.22. The molecule has 2 unspecified atom stereocenters. The first-order valence-corrected chi connectivity index (χ1v) is 13.0. The summed E-state index contributed by atoms with van der Waals surface area (Å²) >= 11 is 0. The summed E-state index contributed by atoms with van der Waals surface area (Å²) in [4.78, 5) is 0. The summed E-state index contributed by atoms with van der Waals surface area (Å²) in [6, 6.07) is 0. The van der Waals surface area contributed by atoms with E-state index in [2.05, 4.69) is 13.8 Å². The molecule has 6 heteroatoms. The molecule has 0 radical (unpaired) electrons. The maximum atomic E-state index is 11.5. The molecule has 0 aliphatic rings. The van der Waals surface area contributed by atoms with E-state index in [0.29, 0.717) is 25.7 Å². The van der Waals surface area contributed by atoms with Gasteiger partial charge in [0, 0.05) is 5.25 Å². The summed E-state index contributed by atoms with van der Waals surface area (Å²) in [7, 11) is -4.23. The van der Waals surface area contributed by atoms with Crippen molar-refractivity contribution in [1.82, 2.24) is 0 Å². The molecule has 0 spiro atoms. The van der Waals surface area contributed by atoms with Crippen LogP contribution in [0.1, 0.15) is 129 Å². The first-order valence-electron chi connectivity index (χ1n) is 11.5. The second-order valence-corrected chi connectivity index (χ2v) is 9.82. The van der Waals surface area contributed by atoms with Crippen LogP contribution in [0.4, 0.5) is 0 Å². The molecule has 0 bridgehead atoms. The van der Waals surface area contributed by atoms with Gasteiger partial charge in [0.25, 0.3) is 0 Å². The molecule has 0 fully saturated rings. The summed E-state index contributed by atoms with van der Waals surface area (Å²) in [6.45, 7) is 4.38. The van der Waals surface area contributed by atoms with Gasteiger partial charge >= 0.3 is 51.4 Å². The number of hydrogen-bond donors (Lipinski definition) is 1. The Morgan fingerprint density at radius 3 is 1.50 bits per heavy atom. The zero-order valence-electron chi connectivity index (χ0n) is 19.0. The van der Waals surface area contributed by atoms with Crippen molar-refractivity contribution in [3.05, 3.63) is 0 Å². The molecule has 0 aliphatic heterocycles. The maximum absolute atomic E-state index is 11.5.